The van der Waals surface area contributed by atoms with Gasteiger partial charge in [-0.1, -0.05) is 23.7 Å². The molecule has 1 amide bonds. The first-order chi connectivity index (χ1) is 11.9. The highest BCUT2D eigenvalue weighted by atomic mass is 35.5. The first-order valence-electron chi connectivity index (χ1n) is 7.78. The molecule has 1 aliphatic rings. The van der Waals surface area contributed by atoms with E-state index in [1.807, 2.05) is 12.1 Å². The van der Waals surface area contributed by atoms with E-state index in [0.29, 0.717) is 33.4 Å². The predicted octanol–water partition coefficient (Wildman–Crippen LogP) is 3.85. The first kappa shape index (κ1) is 18.2. The summed E-state index contributed by atoms with van der Waals surface area (Å²) in [5.41, 5.74) is 0.288. The molecule has 0 atom stereocenters. The Labute approximate surface area is 158 Å². The fourth-order valence-electron chi connectivity index (χ4n) is 2.71. The number of hydrogen-bond donors (Lipinski definition) is 2. The van der Waals surface area contributed by atoms with Crippen LogP contribution in [-0.4, -0.2) is 39.0 Å². The van der Waals surface area contributed by atoms with E-state index in [-0.39, 0.29) is 5.91 Å². The fourth-order valence-corrected chi connectivity index (χ4v) is 4.99. The third-order valence-electron chi connectivity index (χ3n) is 4.20. The number of nitrogens with zero attached hydrogens (tertiary/aromatic N) is 1. The van der Waals surface area contributed by atoms with Crippen LogP contribution in [0.25, 0.3) is 10.6 Å². The second kappa shape index (κ2) is 7.35. The van der Waals surface area contributed by atoms with Gasteiger partial charge in [-0.3, -0.25) is 4.79 Å². The van der Waals surface area contributed by atoms with Crippen LogP contribution < -0.4 is 5.32 Å². The van der Waals surface area contributed by atoms with E-state index >= 15 is 0 Å². The molecule has 2 heterocycles. The molecule has 2 N–H and O–H groups in total. The summed E-state index contributed by atoms with van der Waals surface area (Å²) in [6.07, 6.45) is 0.862. The molecule has 0 aliphatic carbocycles. The molecular formula is C17H17ClN2O3S2. The van der Waals surface area contributed by atoms with E-state index in [1.54, 1.807) is 30.8 Å². The number of hydrogen-bond acceptors (Lipinski definition) is 5. The van der Waals surface area contributed by atoms with E-state index in [2.05, 4.69) is 10.3 Å². The number of carboxylic acids is 1. The van der Waals surface area contributed by atoms with Crippen molar-refractivity contribution in [2.45, 2.75) is 25.3 Å². The molecule has 0 bridgehead atoms. The fraction of sp³-hybridized carbons (Fsp3) is 0.353. The molecule has 0 saturated carbocycles. The first-order valence-corrected chi connectivity index (χ1v) is 10.1. The molecule has 1 aromatic heterocycles. The molecule has 0 unspecified atom stereocenters. The molecule has 2 aromatic rings. The van der Waals surface area contributed by atoms with Gasteiger partial charge in [-0.2, -0.15) is 11.8 Å². The molecule has 1 saturated heterocycles. The molecule has 8 heteroatoms. The van der Waals surface area contributed by atoms with Crippen molar-refractivity contribution in [2.24, 2.45) is 0 Å². The second-order valence-corrected chi connectivity index (χ2v) is 8.55. The Morgan fingerprint density at radius 3 is 2.48 bits per heavy atom. The van der Waals surface area contributed by atoms with E-state index in [9.17, 15) is 14.7 Å². The summed E-state index contributed by atoms with van der Waals surface area (Å²) in [6.45, 7) is 1.76. The van der Waals surface area contributed by atoms with Gasteiger partial charge in [0.05, 0.1) is 5.69 Å². The number of benzene rings is 1. The van der Waals surface area contributed by atoms with Crippen LogP contribution in [0.4, 0.5) is 0 Å². The van der Waals surface area contributed by atoms with E-state index in [1.165, 1.54) is 11.3 Å². The zero-order valence-electron chi connectivity index (χ0n) is 13.5. The predicted molar refractivity (Wildman–Crippen MR) is 102 cm³/mol. The van der Waals surface area contributed by atoms with Gasteiger partial charge in [-0.05, 0) is 43.4 Å². The third kappa shape index (κ3) is 3.83. The van der Waals surface area contributed by atoms with Gasteiger partial charge >= 0.3 is 5.97 Å². The molecule has 1 aromatic carbocycles. The number of thiazole rings is 1. The number of carboxylic acid groups (broad SMARTS) is 1. The van der Waals surface area contributed by atoms with Crippen LogP contribution in [0.3, 0.4) is 0 Å². The van der Waals surface area contributed by atoms with Crippen molar-refractivity contribution in [2.75, 3.05) is 11.5 Å². The normalized spacial score (nSPS) is 16.4. The number of carbonyl (C=O) groups excluding carboxylic acids is 1. The Balaban J connectivity index is 1.85. The van der Waals surface area contributed by atoms with Crippen LogP contribution in [0.2, 0.25) is 5.02 Å². The van der Waals surface area contributed by atoms with Gasteiger partial charge < -0.3 is 10.4 Å². The van der Waals surface area contributed by atoms with Gasteiger partial charge in [0.1, 0.15) is 15.4 Å². The van der Waals surface area contributed by atoms with Crippen LogP contribution in [0, 0.1) is 6.92 Å². The largest absolute Gasteiger partial charge is 0.480 e. The Kier molecular flexibility index (Phi) is 5.36. The molecule has 0 spiro atoms. The monoisotopic (exact) mass is 396 g/mol. The maximum Gasteiger partial charge on any atom is 0.329 e. The van der Waals surface area contributed by atoms with Crippen LogP contribution in [0.15, 0.2) is 24.3 Å². The highest BCUT2D eigenvalue weighted by molar-refractivity contribution is 7.99. The minimum atomic E-state index is -1.18. The Hall–Kier alpha value is -1.57. The summed E-state index contributed by atoms with van der Waals surface area (Å²) in [4.78, 5) is 29.4. The Bertz CT molecular complexity index is 799. The highest BCUT2D eigenvalue weighted by Crippen LogP contribution is 2.31. The average Bonchev–Trinajstić information content (AvgIpc) is 2.98. The molecule has 25 heavy (non-hydrogen) atoms. The average molecular weight is 397 g/mol. The zero-order chi connectivity index (χ0) is 18.0. The number of aliphatic carboxylic acids is 1. The Morgan fingerprint density at radius 2 is 1.88 bits per heavy atom. The molecule has 1 aliphatic heterocycles. The minimum Gasteiger partial charge on any atom is -0.480 e. The van der Waals surface area contributed by atoms with Gasteiger partial charge in [0.2, 0.25) is 0 Å². The lowest BCUT2D eigenvalue weighted by molar-refractivity contribution is -0.144. The van der Waals surface area contributed by atoms with Crippen molar-refractivity contribution in [3.05, 3.63) is 39.9 Å². The van der Waals surface area contributed by atoms with Crippen molar-refractivity contribution in [1.82, 2.24) is 10.3 Å². The lowest BCUT2D eigenvalue weighted by atomic mass is 9.92. The third-order valence-corrected chi connectivity index (χ3v) is 6.65. The molecule has 5 nitrogen and oxygen atoms in total. The van der Waals surface area contributed by atoms with Gasteiger partial charge in [-0.15, -0.1) is 11.3 Å². The summed E-state index contributed by atoms with van der Waals surface area (Å²) < 4.78 is 0. The van der Waals surface area contributed by atoms with Crippen LogP contribution in [0.5, 0.6) is 0 Å². The highest BCUT2D eigenvalue weighted by Gasteiger charge is 2.41. The number of rotatable bonds is 4. The number of aromatic nitrogens is 1. The quantitative estimate of drug-likeness (QED) is 0.820. The summed E-state index contributed by atoms with van der Waals surface area (Å²) in [5, 5.41) is 13.7. The molecule has 3 rings (SSSR count). The van der Waals surface area contributed by atoms with E-state index in [0.717, 1.165) is 17.1 Å². The van der Waals surface area contributed by atoms with Gasteiger partial charge in [0.15, 0.2) is 0 Å². The lowest BCUT2D eigenvalue weighted by Gasteiger charge is -2.33. The number of aryl methyl sites for hydroxylation is 1. The topological polar surface area (TPSA) is 79.3 Å². The van der Waals surface area contributed by atoms with Crippen LogP contribution in [-0.2, 0) is 4.79 Å². The molecular weight excluding hydrogens is 380 g/mol. The molecule has 0 radical (unpaired) electrons. The zero-order valence-corrected chi connectivity index (χ0v) is 15.9. The van der Waals surface area contributed by atoms with Gasteiger partial charge in [-0.25, -0.2) is 9.78 Å². The maximum atomic E-state index is 12.7. The van der Waals surface area contributed by atoms with E-state index in [4.69, 9.17) is 11.6 Å². The standard InChI is InChI=1S/C17H17ClN2O3S2/c1-10-13(25-15(19-10)11-2-4-12(18)5-3-11)14(21)20-17(16(22)23)6-8-24-9-7-17/h2-5H,6-9H2,1H3,(H,20,21)(H,22,23). The summed E-state index contributed by atoms with van der Waals surface area (Å²) in [5.74, 6) is 0.111. The van der Waals surface area contributed by atoms with Crippen molar-refractivity contribution < 1.29 is 14.7 Å². The number of halogens is 1. The summed E-state index contributed by atoms with van der Waals surface area (Å²) in [6, 6.07) is 7.23. The SMILES string of the molecule is Cc1nc(-c2ccc(Cl)cc2)sc1C(=O)NC1(C(=O)O)CCSCC1. The van der Waals surface area contributed by atoms with Gasteiger partial charge in [0.25, 0.3) is 5.91 Å². The molecule has 132 valence electrons. The van der Waals surface area contributed by atoms with Crippen LogP contribution in [0.1, 0.15) is 28.2 Å². The second-order valence-electron chi connectivity index (χ2n) is 5.89. The van der Waals surface area contributed by atoms with Crippen molar-refractivity contribution >= 4 is 46.6 Å². The number of amides is 1. The Morgan fingerprint density at radius 1 is 1.24 bits per heavy atom. The van der Waals surface area contributed by atoms with E-state index < -0.39 is 11.5 Å². The van der Waals surface area contributed by atoms with Crippen molar-refractivity contribution in [3.8, 4) is 10.6 Å². The van der Waals surface area contributed by atoms with Crippen LogP contribution >= 0.6 is 34.7 Å². The maximum absolute atomic E-state index is 12.7. The smallest absolute Gasteiger partial charge is 0.329 e. The summed E-state index contributed by atoms with van der Waals surface area (Å²) >= 11 is 8.87. The minimum absolute atomic E-state index is 0.371. The number of nitrogens with one attached hydrogen (secondary N) is 1. The van der Waals surface area contributed by atoms with Crippen molar-refractivity contribution in [3.63, 3.8) is 0 Å². The molecule has 1 fully saturated rings. The van der Waals surface area contributed by atoms with Crippen molar-refractivity contribution in [1.29, 1.82) is 0 Å². The van der Waals surface area contributed by atoms with Gasteiger partial charge in [0, 0.05) is 10.6 Å². The lowest BCUT2D eigenvalue weighted by Crippen LogP contribution is -2.56. The summed E-state index contributed by atoms with van der Waals surface area (Å²) in [7, 11) is 0. The number of carbonyl (C=O) groups is 2. The number of thioether (sulfide) groups is 1.